The van der Waals surface area contributed by atoms with Crippen LogP contribution in [0.1, 0.15) is 23.2 Å². The molecule has 0 atom stereocenters. The third-order valence-electron chi connectivity index (χ3n) is 1.71. The minimum atomic E-state index is -2.61. The summed E-state index contributed by atoms with van der Waals surface area (Å²) in [5.74, 6) is -0.116. The normalized spacial score (nSPS) is 10.8. The Kier molecular flexibility index (Phi) is 3.03. The Labute approximate surface area is 78.5 Å². The van der Waals surface area contributed by atoms with Gasteiger partial charge in [-0.3, -0.25) is 4.79 Å². The number of aromatic nitrogens is 1. The molecule has 1 rings (SSSR count). The standard InChI is InChI=1S/C8H8ClF2NO/c1-4-2-5(7(10)11)6(3-9)12-8(4)13/h2,7H,3H2,1H3,(H,12,13). The molecule has 1 aromatic heterocycles. The molecule has 0 radical (unpaired) electrons. The van der Waals surface area contributed by atoms with E-state index >= 15 is 0 Å². The average molecular weight is 208 g/mol. The van der Waals surface area contributed by atoms with Crippen LogP contribution in [0.25, 0.3) is 0 Å². The summed E-state index contributed by atoms with van der Waals surface area (Å²) in [5, 5.41) is 0. The fraction of sp³-hybridized carbons (Fsp3) is 0.375. The average Bonchev–Trinajstić information content (AvgIpc) is 2.08. The molecule has 0 bridgehead atoms. The quantitative estimate of drug-likeness (QED) is 0.742. The third-order valence-corrected chi connectivity index (χ3v) is 1.98. The molecule has 0 saturated heterocycles. The van der Waals surface area contributed by atoms with Gasteiger partial charge in [0.1, 0.15) is 0 Å². The molecule has 1 aromatic rings. The molecule has 0 amide bonds. The number of rotatable bonds is 2. The van der Waals surface area contributed by atoms with Crippen LogP contribution in [0.15, 0.2) is 10.9 Å². The summed E-state index contributed by atoms with van der Waals surface area (Å²) in [7, 11) is 0. The molecule has 0 unspecified atom stereocenters. The van der Waals surface area contributed by atoms with Crippen LogP contribution in [0.4, 0.5) is 8.78 Å². The van der Waals surface area contributed by atoms with Gasteiger partial charge in [0.05, 0.1) is 5.88 Å². The van der Waals surface area contributed by atoms with Crippen molar-refractivity contribution in [1.82, 2.24) is 4.98 Å². The number of pyridine rings is 1. The van der Waals surface area contributed by atoms with Crippen LogP contribution in [-0.2, 0) is 5.88 Å². The van der Waals surface area contributed by atoms with Crippen LogP contribution in [0.5, 0.6) is 0 Å². The van der Waals surface area contributed by atoms with E-state index in [1.54, 1.807) is 0 Å². The zero-order valence-electron chi connectivity index (χ0n) is 6.90. The zero-order valence-corrected chi connectivity index (χ0v) is 7.66. The van der Waals surface area contributed by atoms with Gasteiger partial charge in [-0.05, 0) is 13.0 Å². The van der Waals surface area contributed by atoms with Crippen LogP contribution in [0, 0.1) is 6.92 Å². The predicted octanol–water partition coefficient (Wildman–Crippen LogP) is 2.36. The SMILES string of the molecule is Cc1cc(C(F)F)c(CCl)[nH]c1=O. The number of hydrogen-bond acceptors (Lipinski definition) is 1. The van der Waals surface area contributed by atoms with Crippen LogP contribution in [0.2, 0.25) is 0 Å². The van der Waals surface area contributed by atoms with E-state index < -0.39 is 6.43 Å². The van der Waals surface area contributed by atoms with Gasteiger partial charge in [0.15, 0.2) is 0 Å². The number of halogens is 3. The first-order valence-corrected chi connectivity index (χ1v) is 4.16. The van der Waals surface area contributed by atoms with Gasteiger partial charge in [0.2, 0.25) is 0 Å². The van der Waals surface area contributed by atoms with Crippen molar-refractivity contribution in [3.05, 3.63) is 33.2 Å². The number of aromatic amines is 1. The second-order valence-electron chi connectivity index (χ2n) is 2.65. The van der Waals surface area contributed by atoms with E-state index in [1.807, 2.05) is 0 Å². The number of nitrogens with one attached hydrogen (secondary N) is 1. The second kappa shape index (κ2) is 3.87. The Bertz CT molecular complexity index is 362. The summed E-state index contributed by atoms with van der Waals surface area (Å²) < 4.78 is 24.7. The van der Waals surface area contributed by atoms with Crippen molar-refractivity contribution >= 4 is 11.6 Å². The number of alkyl halides is 3. The molecule has 0 fully saturated rings. The fourth-order valence-electron chi connectivity index (χ4n) is 0.999. The van der Waals surface area contributed by atoms with Crippen LogP contribution < -0.4 is 5.56 Å². The number of hydrogen-bond donors (Lipinski definition) is 1. The Morgan fingerprint density at radius 2 is 2.23 bits per heavy atom. The smallest absolute Gasteiger partial charge is 0.265 e. The van der Waals surface area contributed by atoms with Gasteiger partial charge >= 0.3 is 0 Å². The molecule has 0 aliphatic rings. The first kappa shape index (κ1) is 10.2. The van der Waals surface area contributed by atoms with E-state index in [0.717, 1.165) is 0 Å². The van der Waals surface area contributed by atoms with Crippen LogP contribution >= 0.6 is 11.6 Å². The van der Waals surface area contributed by atoms with Crippen LogP contribution in [-0.4, -0.2) is 4.98 Å². The summed E-state index contributed by atoms with van der Waals surface area (Å²) >= 11 is 5.40. The first-order chi connectivity index (χ1) is 6.06. The number of aryl methyl sites for hydroxylation is 1. The van der Waals surface area contributed by atoms with Crippen molar-refractivity contribution in [2.75, 3.05) is 0 Å². The van der Waals surface area contributed by atoms with E-state index in [0.29, 0.717) is 0 Å². The van der Waals surface area contributed by atoms with E-state index in [-0.39, 0.29) is 28.3 Å². The zero-order chi connectivity index (χ0) is 10.0. The molecule has 0 aliphatic heterocycles. The molecule has 1 heterocycles. The Balaban J connectivity index is 3.33. The lowest BCUT2D eigenvalue weighted by Crippen LogP contribution is -2.13. The predicted molar refractivity (Wildman–Crippen MR) is 46.3 cm³/mol. The van der Waals surface area contributed by atoms with Gasteiger partial charge in [0, 0.05) is 16.8 Å². The van der Waals surface area contributed by atoms with Gasteiger partial charge in [-0.1, -0.05) is 0 Å². The van der Waals surface area contributed by atoms with Gasteiger partial charge in [-0.15, -0.1) is 11.6 Å². The highest BCUT2D eigenvalue weighted by atomic mass is 35.5. The maximum atomic E-state index is 12.3. The van der Waals surface area contributed by atoms with E-state index in [4.69, 9.17) is 11.6 Å². The lowest BCUT2D eigenvalue weighted by molar-refractivity contribution is 0.150. The van der Waals surface area contributed by atoms with Crippen LogP contribution in [0.3, 0.4) is 0 Å². The molecule has 5 heteroatoms. The van der Waals surface area contributed by atoms with E-state index in [9.17, 15) is 13.6 Å². The van der Waals surface area contributed by atoms with Crippen molar-refractivity contribution < 1.29 is 8.78 Å². The van der Waals surface area contributed by atoms with E-state index in [1.165, 1.54) is 13.0 Å². The fourth-order valence-corrected chi connectivity index (χ4v) is 1.22. The Morgan fingerprint density at radius 3 is 2.69 bits per heavy atom. The van der Waals surface area contributed by atoms with Crippen molar-refractivity contribution in [2.24, 2.45) is 0 Å². The largest absolute Gasteiger partial charge is 0.324 e. The monoisotopic (exact) mass is 207 g/mol. The molecule has 0 aromatic carbocycles. The topological polar surface area (TPSA) is 32.9 Å². The van der Waals surface area contributed by atoms with E-state index in [2.05, 4.69) is 4.98 Å². The highest BCUT2D eigenvalue weighted by molar-refractivity contribution is 6.17. The molecular weight excluding hydrogens is 200 g/mol. The highest BCUT2D eigenvalue weighted by Gasteiger charge is 2.14. The molecule has 0 aliphatic carbocycles. The minimum Gasteiger partial charge on any atom is -0.324 e. The van der Waals surface area contributed by atoms with Gasteiger partial charge < -0.3 is 4.98 Å². The minimum absolute atomic E-state index is 0.0901. The summed E-state index contributed by atoms with van der Waals surface area (Å²) in [6.45, 7) is 1.47. The summed E-state index contributed by atoms with van der Waals surface area (Å²) in [6.07, 6.45) is -2.61. The maximum absolute atomic E-state index is 12.3. The van der Waals surface area contributed by atoms with Crippen molar-refractivity contribution in [3.8, 4) is 0 Å². The molecule has 13 heavy (non-hydrogen) atoms. The summed E-state index contributed by atoms with van der Waals surface area (Å²) in [6, 6.07) is 1.17. The molecule has 72 valence electrons. The molecular formula is C8H8ClF2NO. The van der Waals surface area contributed by atoms with Crippen molar-refractivity contribution in [2.45, 2.75) is 19.2 Å². The highest BCUT2D eigenvalue weighted by Crippen LogP contribution is 2.22. The summed E-state index contributed by atoms with van der Waals surface area (Å²) in [4.78, 5) is 13.3. The van der Waals surface area contributed by atoms with Crippen molar-refractivity contribution in [3.63, 3.8) is 0 Å². The lowest BCUT2D eigenvalue weighted by atomic mass is 10.1. The Hall–Kier alpha value is -0.900. The molecule has 0 spiro atoms. The lowest BCUT2D eigenvalue weighted by Gasteiger charge is -2.06. The number of H-pyrrole nitrogens is 1. The molecule has 0 saturated carbocycles. The summed E-state index contributed by atoms with van der Waals surface area (Å²) in [5.41, 5.74) is -0.219. The second-order valence-corrected chi connectivity index (χ2v) is 2.92. The molecule has 2 nitrogen and oxygen atoms in total. The first-order valence-electron chi connectivity index (χ1n) is 3.63. The van der Waals surface area contributed by atoms with Gasteiger partial charge in [-0.2, -0.15) is 0 Å². The Morgan fingerprint density at radius 1 is 1.62 bits per heavy atom. The maximum Gasteiger partial charge on any atom is 0.265 e. The van der Waals surface area contributed by atoms with Crippen molar-refractivity contribution in [1.29, 1.82) is 0 Å². The van der Waals surface area contributed by atoms with Gasteiger partial charge in [0.25, 0.3) is 12.0 Å². The third kappa shape index (κ3) is 2.06. The van der Waals surface area contributed by atoms with Gasteiger partial charge in [-0.25, -0.2) is 8.78 Å². The molecule has 1 N–H and O–H groups in total.